The van der Waals surface area contributed by atoms with Gasteiger partial charge in [0.1, 0.15) is 0 Å². The molecule has 2 aromatic carbocycles. The fourth-order valence-corrected chi connectivity index (χ4v) is 2.61. The van der Waals surface area contributed by atoms with Crippen molar-refractivity contribution in [3.05, 3.63) is 48.0 Å². The van der Waals surface area contributed by atoms with Gasteiger partial charge in [-0.25, -0.2) is 0 Å². The van der Waals surface area contributed by atoms with Crippen molar-refractivity contribution in [1.82, 2.24) is 0 Å². The van der Waals surface area contributed by atoms with Crippen LogP contribution in [-0.2, 0) is 10.4 Å². The Balaban J connectivity index is 1.99. The second kappa shape index (κ2) is 5.99. The molecule has 0 aliphatic carbocycles. The minimum Gasteiger partial charge on any atom is -0.386 e. The smallest absolute Gasteiger partial charge is 0.0842 e. The maximum atomic E-state index is 10.1. The quantitative estimate of drug-likeness (QED) is 0.790. The van der Waals surface area contributed by atoms with Crippen LogP contribution < -0.4 is 10.8 Å². The molecule has 4 heteroatoms. The molecule has 1 aliphatic rings. The minimum absolute atomic E-state index is 0.691. The molecule has 0 spiro atoms. The Morgan fingerprint density at radius 2 is 1.86 bits per heavy atom. The van der Waals surface area contributed by atoms with E-state index in [0.717, 1.165) is 41.0 Å². The molecule has 116 valence electrons. The Bertz CT molecular complexity index is 645. The standard InChI is InChI=1S/C18H22N2O2/c1-18(2,21)14-9-7-13(8-10-14)15-5-3-6-16-17(15)19-11-4-12-22-20-16/h3,5-10,19-21H,4,11-12H2,1-2H3. The Kier molecular flexibility index (Phi) is 4.05. The highest BCUT2D eigenvalue weighted by Crippen LogP contribution is 2.35. The van der Waals surface area contributed by atoms with Gasteiger partial charge < -0.3 is 10.4 Å². The number of anilines is 2. The van der Waals surface area contributed by atoms with Crippen molar-refractivity contribution in [2.45, 2.75) is 25.9 Å². The normalized spacial score (nSPS) is 15.0. The first-order valence-corrected chi connectivity index (χ1v) is 7.64. The number of hydrogen-bond acceptors (Lipinski definition) is 4. The third-order valence-corrected chi connectivity index (χ3v) is 3.87. The van der Waals surface area contributed by atoms with Gasteiger partial charge in [0.25, 0.3) is 0 Å². The Labute approximate surface area is 131 Å². The molecular formula is C18H22N2O2. The molecule has 1 aliphatic heterocycles. The summed E-state index contributed by atoms with van der Waals surface area (Å²) >= 11 is 0. The van der Waals surface area contributed by atoms with Gasteiger partial charge in [0.2, 0.25) is 0 Å². The van der Waals surface area contributed by atoms with Gasteiger partial charge in [-0.3, -0.25) is 10.3 Å². The van der Waals surface area contributed by atoms with E-state index in [9.17, 15) is 5.11 Å². The fraction of sp³-hybridized carbons (Fsp3) is 0.333. The first-order chi connectivity index (χ1) is 10.6. The van der Waals surface area contributed by atoms with Crippen molar-refractivity contribution in [1.29, 1.82) is 0 Å². The van der Waals surface area contributed by atoms with E-state index in [0.29, 0.717) is 6.61 Å². The zero-order valence-electron chi connectivity index (χ0n) is 13.0. The highest BCUT2D eigenvalue weighted by molar-refractivity contribution is 5.87. The van der Waals surface area contributed by atoms with Crippen molar-refractivity contribution >= 4 is 11.4 Å². The second-order valence-corrected chi connectivity index (χ2v) is 6.10. The summed E-state index contributed by atoms with van der Waals surface area (Å²) in [7, 11) is 0. The summed E-state index contributed by atoms with van der Waals surface area (Å²) in [5.74, 6) is 0. The van der Waals surface area contributed by atoms with Crippen LogP contribution in [0.3, 0.4) is 0 Å². The first kappa shape index (κ1) is 14.9. The topological polar surface area (TPSA) is 53.5 Å². The van der Waals surface area contributed by atoms with Gasteiger partial charge in [0, 0.05) is 12.1 Å². The summed E-state index contributed by atoms with van der Waals surface area (Å²) in [6.45, 7) is 5.16. The van der Waals surface area contributed by atoms with E-state index >= 15 is 0 Å². The summed E-state index contributed by atoms with van der Waals surface area (Å²) in [5, 5.41) is 13.6. The first-order valence-electron chi connectivity index (χ1n) is 7.64. The second-order valence-electron chi connectivity index (χ2n) is 6.10. The van der Waals surface area contributed by atoms with Gasteiger partial charge in [-0.05, 0) is 37.5 Å². The molecule has 0 fully saturated rings. The molecule has 3 rings (SSSR count). The molecule has 0 aromatic heterocycles. The summed E-state index contributed by atoms with van der Waals surface area (Å²) in [6.07, 6.45) is 0.957. The van der Waals surface area contributed by atoms with E-state index < -0.39 is 5.60 Å². The Hall–Kier alpha value is -2.04. The monoisotopic (exact) mass is 298 g/mol. The number of aliphatic hydroxyl groups is 1. The molecule has 0 bridgehead atoms. The molecule has 3 N–H and O–H groups in total. The van der Waals surface area contributed by atoms with E-state index in [1.807, 2.05) is 36.4 Å². The molecule has 0 amide bonds. The summed E-state index contributed by atoms with van der Waals surface area (Å²) < 4.78 is 0. The van der Waals surface area contributed by atoms with Crippen LogP contribution in [0.5, 0.6) is 0 Å². The van der Waals surface area contributed by atoms with Crippen LogP contribution in [0.25, 0.3) is 11.1 Å². The maximum absolute atomic E-state index is 10.1. The number of hydrogen-bond donors (Lipinski definition) is 3. The van der Waals surface area contributed by atoms with Crippen molar-refractivity contribution in [3.8, 4) is 11.1 Å². The Morgan fingerprint density at radius 3 is 2.59 bits per heavy atom. The van der Waals surface area contributed by atoms with Crippen LogP contribution in [0.1, 0.15) is 25.8 Å². The largest absolute Gasteiger partial charge is 0.386 e. The minimum atomic E-state index is -0.822. The molecule has 4 nitrogen and oxygen atoms in total. The molecule has 0 saturated heterocycles. The van der Waals surface area contributed by atoms with Crippen LogP contribution in [0, 0.1) is 0 Å². The average Bonchev–Trinajstić information content (AvgIpc) is 2.47. The van der Waals surface area contributed by atoms with E-state index in [4.69, 9.17) is 4.84 Å². The summed E-state index contributed by atoms with van der Waals surface area (Å²) in [5.41, 5.74) is 7.33. The lowest BCUT2D eigenvalue weighted by Gasteiger charge is -2.21. The third kappa shape index (κ3) is 3.08. The predicted octanol–water partition coefficient (Wildman–Crippen LogP) is 3.74. The Morgan fingerprint density at radius 1 is 1.09 bits per heavy atom. The lowest BCUT2D eigenvalue weighted by molar-refractivity contribution is 0.0786. The van der Waals surface area contributed by atoms with Crippen molar-refractivity contribution < 1.29 is 9.94 Å². The predicted molar refractivity (Wildman–Crippen MR) is 89.8 cm³/mol. The van der Waals surface area contributed by atoms with E-state index in [2.05, 4.69) is 16.9 Å². The fourth-order valence-electron chi connectivity index (χ4n) is 2.61. The molecule has 22 heavy (non-hydrogen) atoms. The molecule has 0 radical (unpaired) electrons. The summed E-state index contributed by atoms with van der Waals surface area (Å²) in [4.78, 5) is 5.43. The molecule has 0 unspecified atom stereocenters. The average molecular weight is 298 g/mol. The van der Waals surface area contributed by atoms with E-state index in [1.165, 1.54) is 0 Å². The van der Waals surface area contributed by atoms with Crippen LogP contribution in [-0.4, -0.2) is 18.3 Å². The number of fused-ring (bicyclic) bond motifs is 1. The highest BCUT2D eigenvalue weighted by Gasteiger charge is 2.16. The number of rotatable bonds is 2. The lowest BCUT2D eigenvalue weighted by atomic mass is 9.95. The van der Waals surface area contributed by atoms with Gasteiger partial charge in [-0.2, -0.15) is 0 Å². The van der Waals surface area contributed by atoms with Gasteiger partial charge in [-0.15, -0.1) is 0 Å². The van der Waals surface area contributed by atoms with Gasteiger partial charge >= 0.3 is 0 Å². The highest BCUT2D eigenvalue weighted by atomic mass is 16.6. The zero-order valence-corrected chi connectivity index (χ0v) is 13.0. The van der Waals surface area contributed by atoms with Crippen LogP contribution >= 0.6 is 0 Å². The van der Waals surface area contributed by atoms with Crippen LogP contribution in [0.4, 0.5) is 11.4 Å². The van der Waals surface area contributed by atoms with Crippen molar-refractivity contribution in [2.75, 3.05) is 23.9 Å². The lowest BCUT2D eigenvalue weighted by Crippen LogP contribution is -2.15. The van der Waals surface area contributed by atoms with Crippen molar-refractivity contribution in [2.24, 2.45) is 0 Å². The number of benzene rings is 2. The van der Waals surface area contributed by atoms with Crippen LogP contribution in [0.2, 0.25) is 0 Å². The third-order valence-electron chi connectivity index (χ3n) is 3.87. The van der Waals surface area contributed by atoms with E-state index in [-0.39, 0.29) is 0 Å². The number of para-hydroxylation sites is 1. The molecule has 1 heterocycles. The molecular weight excluding hydrogens is 276 g/mol. The molecule has 2 aromatic rings. The van der Waals surface area contributed by atoms with Crippen LogP contribution in [0.15, 0.2) is 42.5 Å². The SMILES string of the molecule is CC(C)(O)c1ccc(-c2cccc3c2NCCCON3)cc1. The molecule has 0 saturated carbocycles. The summed E-state index contributed by atoms with van der Waals surface area (Å²) in [6, 6.07) is 14.1. The molecule has 0 atom stereocenters. The van der Waals surface area contributed by atoms with Gasteiger partial charge in [0.15, 0.2) is 0 Å². The van der Waals surface area contributed by atoms with Crippen molar-refractivity contribution in [3.63, 3.8) is 0 Å². The van der Waals surface area contributed by atoms with Gasteiger partial charge in [0.05, 0.1) is 23.6 Å². The number of nitrogens with one attached hydrogen (secondary N) is 2. The maximum Gasteiger partial charge on any atom is 0.0842 e. The van der Waals surface area contributed by atoms with Gasteiger partial charge in [-0.1, -0.05) is 36.4 Å². The zero-order chi connectivity index (χ0) is 15.6. The van der Waals surface area contributed by atoms with E-state index in [1.54, 1.807) is 13.8 Å².